The van der Waals surface area contributed by atoms with E-state index in [1.165, 1.54) is 6.92 Å². The van der Waals surface area contributed by atoms with Gasteiger partial charge in [0, 0.05) is 26.9 Å². The van der Waals surface area contributed by atoms with Crippen molar-refractivity contribution in [1.82, 2.24) is 15.1 Å². The Labute approximate surface area is 83.3 Å². The zero-order chi connectivity index (χ0) is 10.4. The highest BCUT2D eigenvalue weighted by Gasteiger charge is 1.91. The van der Waals surface area contributed by atoms with Crippen LogP contribution in [0.4, 0.5) is 0 Å². The topological polar surface area (TPSA) is 46.9 Å². The third-order valence-electron chi connectivity index (χ3n) is 1.66. The number of carbonyl (C=O) groups excluding carboxylic acids is 1. The minimum absolute atomic E-state index is 0.0210. The van der Waals surface area contributed by atoms with Crippen LogP contribution < -0.4 is 5.32 Å². The number of hydrogen-bond acceptors (Lipinski definition) is 2. The molecule has 4 nitrogen and oxygen atoms in total. The van der Waals surface area contributed by atoms with Crippen molar-refractivity contribution in [2.75, 3.05) is 6.54 Å². The second-order valence-corrected chi connectivity index (χ2v) is 2.87. The molecule has 0 unspecified atom stereocenters. The Morgan fingerprint density at radius 1 is 1.71 bits per heavy atom. The number of amides is 1. The maximum Gasteiger partial charge on any atom is 0.216 e. The van der Waals surface area contributed by atoms with E-state index in [9.17, 15) is 4.79 Å². The predicted molar refractivity (Wildman–Crippen MR) is 53.4 cm³/mol. The van der Waals surface area contributed by atoms with Crippen LogP contribution in [-0.2, 0) is 11.8 Å². The first kappa shape index (κ1) is 10.3. The van der Waals surface area contributed by atoms with Crippen LogP contribution in [0.5, 0.6) is 0 Å². The molecule has 4 heteroatoms. The van der Waals surface area contributed by atoms with E-state index in [0.29, 0.717) is 13.0 Å². The quantitative estimate of drug-likeness (QED) is 0.540. The summed E-state index contributed by atoms with van der Waals surface area (Å²) in [5.41, 5.74) is 0.882. The third kappa shape index (κ3) is 3.31. The van der Waals surface area contributed by atoms with Crippen molar-refractivity contribution in [3.8, 4) is 11.8 Å². The molecule has 14 heavy (non-hydrogen) atoms. The number of aryl methyl sites for hydroxylation is 1. The van der Waals surface area contributed by atoms with Gasteiger partial charge in [0.05, 0.1) is 6.20 Å². The fourth-order valence-corrected chi connectivity index (χ4v) is 0.951. The van der Waals surface area contributed by atoms with Gasteiger partial charge in [0.15, 0.2) is 0 Å². The first-order valence-electron chi connectivity index (χ1n) is 4.41. The van der Waals surface area contributed by atoms with Crippen LogP contribution in [0.1, 0.15) is 19.0 Å². The zero-order valence-corrected chi connectivity index (χ0v) is 8.37. The van der Waals surface area contributed by atoms with Crippen LogP contribution in [0.15, 0.2) is 12.3 Å². The summed E-state index contributed by atoms with van der Waals surface area (Å²) >= 11 is 0. The van der Waals surface area contributed by atoms with E-state index in [4.69, 9.17) is 0 Å². The fourth-order valence-electron chi connectivity index (χ4n) is 0.951. The summed E-state index contributed by atoms with van der Waals surface area (Å²) in [6, 6.07) is 1.85. The van der Waals surface area contributed by atoms with Gasteiger partial charge in [-0.3, -0.25) is 9.48 Å². The molecule has 1 heterocycles. The highest BCUT2D eigenvalue weighted by Crippen LogP contribution is 1.91. The van der Waals surface area contributed by atoms with Gasteiger partial charge >= 0.3 is 0 Å². The SMILES string of the molecule is CC(=O)NCCC#Cc1ccnn1C. The van der Waals surface area contributed by atoms with Crippen molar-refractivity contribution >= 4 is 5.91 Å². The van der Waals surface area contributed by atoms with Gasteiger partial charge in [-0.15, -0.1) is 0 Å². The van der Waals surface area contributed by atoms with E-state index >= 15 is 0 Å². The van der Waals surface area contributed by atoms with E-state index in [1.54, 1.807) is 10.9 Å². The standard InChI is InChI=1S/C10H13N3O/c1-9(14)11-7-4-3-5-10-6-8-12-13(10)2/h6,8H,4,7H2,1-2H3,(H,11,14). The minimum Gasteiger partial charge on any atom is -0.355 e. The molecular formula is C10H13N3O. The molecule has 0 aliphatic heterocycles. The van der Waals surface area contributed by atoms with Crippen LogP contribution in [0.2, 0.25) is 0 Å². The molecule has 0 spiro atoms. The van der Waals surface area contributed by atoms with Gasteiger partial charge in [0.1, 0.15) is 5.69 Å². The largest absolute Gasteiger partial charge is 0.355 e. The predicted octanol–water partition coefficient (Wildman–Crippen LogP) is 0.298. The Balaban J connectivity index is 2.34. The van der Waals surface area contributed by atoms with Crippen molar-refractivity contribution < 1.29 is 4.79 Å². The van der Waals surface area contributed by atoms with Crippen LogP contribution >= 0.6 is 0 Å². The summed E-state index contributed by atoms with van der Waals surface area (Å²) in [7, 11) is 1.85. The fraction of sp³-hybridized carbons (Fsp3) is 0.400. The van der Waals surface area contributed by atoms with Gasteiger partial charge < -0.3 is 5.32 Å². The lowest BCUT2D eigenvalue weighted by Crippen LogP contribution is -2.20. The number of hydrogen-bond donors (Lipinski definition) is 1. The number of aromatic nitrogens is 2. The van der Waals surface area contributed by atoms with E-state index < -0.39 is 0 Å². The number of rotatable bonds is 2. The van der Waals surface area contributed by atoms with Crippen LogP contribution in [-0.4, -0.2) is 22.2 Å². The molecule has 1 amide bonds. The normalized spacial score (nSPS) is 9.00. The maximum atomic E-state index is 10.5. The van der Waals surface area contributed by atoms with Crippen molar-refractivity contribution in [1.29, 1.82) is 0 Å². The van der Waals surface area contributed by atoms with Gasteiger partial charge in [-0.1, -0.05) is 5.92 Å². The Bertz CT molecular complexity index is 370. The van der Waals surface area contributed by atoms with Gasteiger partial charge in [0.2, 0.25) is 5.91 Å². The molecule has 0 fully saturated rings. The van der Waals surface area contributed by atoms with Crippen molar-refractivity contribution in [2.45, 2.75) is 13.3 Å². The molecule has 0 bridgehead atoms. The van der Waals surface area contributed by atoms with E-state index in [0.717, 1.165) is 5.69 Å². The highest BCUT2D eigenvalue weighted by molar-refractivity contribution is 5.72. The zero-order valence-electron chi connectivity index (χ0n) is 8.37. The first-order chi connectivity index (χ1) is 6.70. The molecule has 0 aromatic carbocycles. The molecule has 0 aliphatic carbocycles. The first-order valence-corrected chi connectivity index (χ1v) is 4.41. The molecule has 1 rings (SSSR count). The summed E-state index contributed by atoms with van der Waals surface area (Å²) in [5, 5.41) is 6.66. The average Bonchev–Trinajstić information content (AvgIpc) is 2.51. The second kappa shape index (κ2) is 5.07. The molecule has 1 aromatic heterocycles. The molecule has 0 atom stereocenters. The molecule has 0 saturated heterocycles. The summed E-state index contributed by atoms with van der Waals surface area (Å²) in [6.07, 6.45) is 2.36. The Morgan fingerprint density at radius 3 is 3.07 bits per heavy atom. The minimum atomic E-state index is -0.0210. The summed E-state index contributed by atoms with van der Waals surface area (Å²) < 4.78 is 1.71. The van der Waals surface area contributed by atoms with Gasteiger partial charge in [0.25, 0.3) is 0 Å². The number of nitrogens with zero attached hydrogens (tertiary/aromatic N) is 2. The molecular weight excluding hydrogens is 178 g/mol. The van der Waals surface area contributed by atoms with Gasteiger partial charge in [-0.2, -0.15) is 5.10 Å². The van der Waals surface area contributed by atoms with Crippen LogP contribution in [0.3, 0.4) is 0 Å². The van der Waals surface area contributed by atoms with E-state index in [1.807, 2.05) is 13.1 Å². The molecule has 0 radical (unpaired) electrons. The van der Waals surface area contributed by atoms with Crippen molar-refractivity contribution in [2.24, 2.45) is 7.05 Å². The Kier molecular flexibility index (Phi) is 3.74. The van der Waals surface area contributed by atoms with E-state index in [-0.39, 0.29) is 5.91 Å². The smallest absolute Gasteiger partial charge is 0.216 e. The number of carbonyl (C=O) groups is 1. The third-order valence-corrected chi connectivity index (χ3v) is 1.66. The van der Waals surface area contributed by atoms with Gasteiger partial charge in [-0.25, -0.2) is 0 Å². The maximum absolute atomic E-state index is 10.5. The van der Waals surface area contributed by atoms with E-state index in [2.05, 4.69) is 22.3 Å². The average molecular weight is 191 g/mol. The van der Waals surface area contributed by atoms with Crippen LogP contribution in [0, 0.1) is 11.8 Å². The molecule has 0 saturated carbocycles. The molecule has 1 N–H and O–H groups in total. The van der Waals surface area contributed by atoms with Crippen LogP contribution in [0.25, 0.3) is 0 Å². The molecule has 1 aromatic rings. The summed E-state index contributed by atoms with van der Waals surface area (Å²) in [4.78, 5) is 10.5. The monoisotopic (exact) mass is 191 g/mol. The van der Waals surface area contributed by atoms with Crippen molar-refractivity contribution in [3.05, 3.63) is 18.0 Å². The lowest BCUT2D eigenvalue weighted by atomic mass is 10.3. The highest BCUT2D eigenvalue weighted by atomic mass is 16.1. The Hall–Kier alpha value is -1.76. The lowest BCUT2D eigenvalue weighted by molar-refractivity contribution is -0.118. The molecule has 0 aliphatic rings. The summed E-state index contributed by atoms with van der Waals surface area (Å²) in [6.45, 7) is 2.09. The second-order valence-electron chi connectivity index (χ2n) is 2.87. The summed E-state index contributed by atoms with van der Waals surface area (Å²) in [5.74, 6) is 5.90. The number of nitrogens with one attached hydrogen (secondary N) is 1. The van der Waals surface area contributed by atoms with Crippen molar-refractivity contribution in [3.63, 3.8) is 0 Å². The Morgan fingerprint density at radius 2 is 2.50 bits per heavy atom. The molecule has 74 valence electrons. The lowest BCUT2D eigenvalue weighted by Gasteiger charge is -1.94. The van der Waals surface area contributed by atoms with Gasteiger partial charge in [-0.05, 0) is 12.0 Å².